The summed E-state index contributed by atoms with van der Waals surface area (Å²) < 4.78 is 0. The van der Waals surface area contributed by atoms with Gasteiger partial charge in [-0.05, 0) is 19.3 Å². The van der Waals surface area contributed by atoms with Crippen LogP contribution in [0.2, 0.25) is 0 Å². The Bertz CT molecular complexity index is 541. The van der Waals surface area contributed by atoms with Crippen LogP contribution >= 0.6 is 0 Å². The molecule has 7 nitrogen and oxygen atoms in total. The van der Waals surface area contributed by atoms with E-state index in [9.17, 15) is 19.5 Å². The molecule has 1 amide bonds. The minimum atomic E-state index is -0.843. The summed E-state index contributed by atoms with van der Waals surface area (Å²) in [5.74, 6) is -0.608. The number of hydrogen-bond donors (Lipinski definition) is 4. The third-order valence-electron chi connectivity index (χ3n) is 2.93. The van der Waals surface area contributed by atoms with Gasteiger partial charge in [-0.25, -0.2) is 4.79 Å². The smallest absolute Gasteiger partial charge is 0.325 e. The van der Waals surface area contributed by atoms with E-state index in [4.69, 9.17) is 0 Å². The van der Waals surface area contributed by atoms with Crippen LogP contribution in [0.3, 0.4) is 0 Å². The van der Waals surface area contributed by atoms with Gasteiger partial charge in [-0.1, -0.05) is 0 Å². The molecular formula is C10H13N3O4. The molecule has 7 heteroatoms. The maximum absolute atomic E-state index is 11.6. The van der Waals surface area contributed by atoms with Crippen molar-refractivity contribution < 1.29 is 9.90 Å². The lowest BCUT2D eigenvalue weighted by molar-refractivity contribution is -0.0300. The van der Waals surface area contributed by atoms with Crippen LogP contribution in [0, 0.1) is 0 Å². The lowest BCUT2D eigenvalue weighted by Gasteiger charge is -2.36. The number of H-pyrrole nitrogens is 2. The second kappa shape index (κ2) is 4.17. The topological polar surface area (TPSA) is 115 Å². The molecule has 0 aromatic carbocycles. The van der Waals surface area contributed by atoms with Crippen molar-refractivity contribution in [3.05, 3.63) is 32.6 Å². The van der Waals surface area contributed by atoms with Crippen LogP contribution in [0.25, 0.3) is 0 Å². The van der Waals surface area contributed by atoms with Crippen molar-refractivity contribution in [1.82, 2.24) is 15.3 Å². The van der Waals surface area contributed by atoms with Gasteiger partial charge in [0.25, 0.3) is 11.5 Å². The minimum absolute atomic E-state index is 0.115. The molecule has 1 heterocycles. The molecule has 17 heavy (non-hydrogen) atoms. The first-order valence-corrected chi connectivity index (χ1v) is 5.33. The lowest BCUT2D eigenvalue weighted by atomic mass is 9.80. The van der Waals surface area contributed by atoms with Crippen molar-refractivity contribution in [3.8, 4) is 0 Å². The van der Waals surface area contributed by atoms with Crippen LogP contribution in [0.15, 0.2) is 15.8 Å². The summed E-state index contributed by atoms with van der Waals surface area (Å²) in [5.41, 5.74) is -2.42. The van der Waals surface area contributed by atoms with E-state index < -0.39 is 22.8 Å². The SMILES string of the molecule is O=C(NCC1(O)CCC1)c1c[nH]c(=O)[nH]c1=O. The van der Waals surface area contributed by atoms with Gasteiger partial charge in [0.2, 0.25) is 0 Å². The van der Waals surface area contributed by atoms with Crippen LogP contribution in [-0.4, -0.2) is 33.1 Å². The van der Waals surface area contributed by atoms with Gasteiger partial charge in [0.05, 0.1) is 5.60 Å². The second-order valence-corrected chi connectivity index (χ2v) is 4.25. The van der Waals surface area contributed by atoms with Crippen LogP contribution in [0.5, 0.6) is 0 Å². The summed E-state index contributed by atoms with van der Waals surface area (Å²) in [6.45, 7) is 0.115. The highest BCUT2D eigenvalue weighted by atomic mass is 16.3. The second-order valence-electron chi connectivity index (χ2n) is 4.25. The highest BCUT2D eigenvalue weighted by Gasteiger charge is 2.34. The van der Waals surface area contributed by atoms with E-state index in [-0.39, 0.29) is 12.1 Å². The molecule has 1 aromatic rings. The molecule has 0 saturated heterocycles. The van der Waals surface area contributed by atoms with E-state index in [2.05, 4.69) is 10.3 Å². The van der Waals surface area contributed by atoms with Crippen LogP contribution in [0.4, 0.5) is 0 Å². The zero-order chi connectivity index (χ0) is 12.5. The molecule has 0 aliphatic heterocycles. The summed E-state index contributed by atoms with van der Waals surface area (Å²) >= 11 is 0. The molecule has 92 valence electrons. The summed E-state index contributed by atoms with van der Waals surface area (Å²) in [4.78, 5) is 37.8. The Labute approximate surface area is 95.9 Å². The fourth-order valence-corrected chi connectivity index (χ4v) is 1.68. The highest BCUT2D eigenvalue weighted by Crippen LogP contribution is 2.30. The number of carbonyl (C=O) groups excluding carboxylic acids is 1. The van der Waals surface area contributed by atoms with Gasteiger partial charge in [-0.15, -0.1) is 0 Å². The number of aliphatic hydroxyl groups is 1. The van der Waals surface area contributed by atoms with E-state index in [1.54, 1.807) is 0 Å². The van der Waals surface area contributed by atoms with Gasteiger partial charge in [-0.3, -0.25) is 14.6 Å². The fraction of sp³-hybridized carbons (Fsp3) is 0.500. The average molecular weight is 239 g/mol. The third kappa shape index (κ3) is 2.44. The Hall–Kier alpha value is -1.89. The Morgan fingerprint density at radius 3 is 2.71 bits per heavy atom. The molecule has 0 bridgehead atoms. The molecule has 1 saturated carbocycles. The van der Waals surface area contributed by atoms with Crippen LogP contribution in [0.1, 0.15) is 29.6 Å². The molecule has 1 aliphatic carbocycles. The first-order valence-electron chi connectivity index (χ1n) is 5.33. The van der Waals surface area contributed by atoms with E-state index in [0.29, 0.717) is 12.8 Å². The number of hydrogen-bond acceptors (Lipinski definition) is 4. The van der Waals surface area contributed by atoms with Gasteiger partial charge >= 0.3 is 5.69 Å². The molecule has 2 rings (SSSR count). The zero-order valence-electron chi connectivity index (χ0n) is 9.08. The van der Waals surface area contributed by atoms with Crippen LogP contribution < -0.4 is 16.6 Å². The number of amides is 1. The van der Waals surface area contributed by atoms with Crippen molar-refractivity contribution in [2.75, 3.05) is 6.54 Å². The molecule has 4 N–H and O–H groups in total. The zero-order valence-corrected chi connectivity index (χ0v) is 9.08. The fourth-order valence-electron chi connectivity index (χ4n) is 1.68. The maximum Gasteiger partial charge on any atom is 0.325 e. The van der Waals surface area contributed by atoms with Crippen molar-refractivity contribution in [2.45, 2.75) is 24.9 Å². The predicted molar refractivity (Wildman–Crippen MR) is 58.8 cm³/mol. The van der Waals surface area contributed by atoms with Crippen molar-refractivity contribution >= 4 is 5.91 Å². The molecule has 1 aliphatic rings. The molecular weight excluding hydrogens is 226 g/mol. The standard InChI is InChI=1S/C10H13N3O4/c14-7(12-5-10(17)2-1-3-10)6-4-11-9(16)13-8(6)15/h4,17H,1-3,5H2,(H,12,14)(H2,11,13,15,16). The maximum atomic E-state index is 11.6. The molecule has 1 fully saturated rings. The van der Waals surface area contributed by atoms with E-state index >= 15 is 0 Å². The Morgan fingerprint density at radius 2 is 2.18 bits per heavy atom. The quantitative estimate of drug-likeness (QED) is 0.525. The number of nitrogens with one attached hydrogen (secondary N) is 3. The van der Waals surface area contributed by atoms with Gasteiger partial charge in [0, 0.05) is 12.7 Å². The summed E-state index contributed by atoms with van der Waals surface area (Å²) in [5, 5.41) is 12.2. The molecule has 1 aromatic heterocycles. The average Bonchev–Trinajstić information content (AvgIpc) is 2.23. The van der Waals surface area contributed by atoms with Crippen molar-refractivity contribution in [2.24, 2.45) is 0 Å². The van der Waals surface area contributed by atoms with E-state index in [0.717, 1.165) is 12.6 Å². The number of carbonyl (C=O) groups is 1. The molecule has 0 unspecified atom stereocenters. The van der Waals surface area contributed by atoms with Gasteiger partial charge in [0.1, 0.15) is 5.56 Å². The van der Waals surface area contributed by atoms with E-state index in [1.807, 2.05) is 4.98 Å². The lowest BCUT2D eigenvalue weighted by Crippen LogP contribution is -2.48. The van der Waals surface area contributed by atoms with Crippen molar-refractivity contribution in [3.63, 3.8) is 0 Å². The third-order valence-corrected chi connectivity index (χ3v) is 2.93. The van der Waals surface area contributed by atoms with E-state index in [1.165, 1.54) is 0 Å². The van der Waals surface area contributed by atoms with Crippen LogP contribution in [-0.2, 0) is 0 Å². The monoisotopic (exact) mass is 239 g/mol. The molecule has 0 radical (unpaired) electrons. The van der Waals surface area contributed by atoms with Gasteiger partial charge in [-0.2, -0.15) is 0 Å². The number of rotatable bonds is 3. The Morgan fingerprint density at radius 1 is 1.47 bits per heavy atom. The predicted octanol–water partition coefficient (Wildman–Crippen LogP) is -1.29. The number of aromatic amines is 2. The summed E-state index contributed by atoms with van der Waals surface area (Å²) in [7, 11) is 0. The molecule has 0 spiro atoms. The largest absolute Gasteiger partial charge is 0.388 e. The molecule has 0 atom stereocenters. The normalized spacial score (nSPS) is 17.2. The first-order chi connectivity index (χ1) is 8.00. The van der Waals surface area contributed by atoms with Gasteiger partial charge in [0.15, 0.2) is 0 Å². The summed E-state index contributed by atoms with van der Waals surface area (Å²) in [6, 6.07) is 0. The first kappa shape index (κ1) is 11.6. The van der Waals surface area contributed by atoms with Crippen molar-refractivity contribution in [1.29, 1.82) is 0 Å². The Balaban J connectivity index is 2.04. The minimum Gasteiger partial charge on any atom is -0.388 e. The Kier molecular flexibility index (Phi) is 2.84. The highest BCUT2D eigenvalue weighted by molar-refractivity contribution is 5.93. The summed E-state index contributed by atoms with van der Waals surface area (Å²) in [6.07, 6.45) is 3.29. The van der Waals surface area contributed by atoms with Gasteiger partial charge < -0.3 is 15.4 Å². The number of aromatic nitrogens is 2.